The molecule has 3 N–H and O–H groups in total. The average molecular weight is 488 g/mol. The van der Waals surface area contributed by atoms with Crippen molar-refractivity contribution in [1.29, 1.82) is 0 Å². The first-order valence-corrected chi connectivity index (χ1v) is 13.6. The topological polar surface area (TPSA) is 121 Å². The highest BCUT2D eigenvalue weighted by Gasteiger charge is 2.32. The molecule has 2 aromatic rings. The average Bonchev–Trinajstić information content (AvgIpc) is 3.49. The van der Waals surface area contributed by atoms with E-state index in [1.807, 2.05) is 20.8 Å². The van der Waals surface area contributed by atoms with E-state index in [0.29, 0.717) is 25.6 Å². The van der Waals surface area contributed by atoms with Crippen LogP contribution in [0, 0.1) is 0 Å². The monoisotopic (exact) mass is 487 g/mol. The van der Waals surface area contributed by atoms with Crippen LogP contribution in [0.2, 0.25) is 0 Å². The Bertz CT molecular complexity index is 1250. The van der Waals surface area contributed by atoms with E-state index in [2.05, 4.69) is 20.8 Å². The number of carbonyl (C=O) groups is 1. The molecule has 184 valence electrons. The highest BCUT2D eigenvalue weighted by molar-refractivity contribution is 7.91. The number of nitrogens with zero attached hydrogens (tertiary/aromatic N) is 3. The van der Waals surface area contributed by atoms with E-state index in [9.17, 15) is 9.00 Å². The fraction of sp³-hybridized carbons (Fsp3) is 0.583. The van der Waals surface area contributed by atoms with Gasteiger partial charge in [-0.1, -0.05) is 6.07 Å². The second kappa shape index (κ2) is 8.66. The first-order chi connectivity index (χ1) is 16.1. The van der Waals surface area contributed by atoms with E-state index in [4.69, 9.17) is 14.6 Å². The number of anilines is 1. The molecule has 2 atom stereocenters. The lowest BCUT2D eigenvalue weighted by molar-refractivity contribution is -0.0106. The molecule has 0 saturated heterocycles. The van der Waals surface area contributed by atoms with Crippen LogP contribution >= 0.6 is 0 Å². The molecule has 0 fully saturated rings. The number of amides is 2. The van der Waals surface area contributed by atoms with Gasteiger partial charge >= 0.3 is 6.03 Å². The predicted octanol–water partition coefficient (Wildman–Crippen LogP) is 3.93. The Balaban J connectivity index is 1.47. The molecule has 5 rings (SSSR count). The van der Waals surface area contributed by atoms with Gasteiger partial charge < -0.3 is 14.8 Å². The number of benzene rings is 1. The van der Waals surface area contributed by atoms with E-state index >= 15 is 0 Å². The Kier molecular flexibility index (Phi) is 5.94. The number of hydrogen-bond acceptors (Lipinski definition) is 5. The van der Waals surface area contributed by atoms with Crippen LogP contribution in [0.5, 0.6) is 5.88 Å². The van der Waals surface area contributed by atoms with Crippen molar-refractivity contribution < 1.29 is 18.5 Å². The molecule has 10 heteroatoms. The minimum absolute atomic E-state index is 0.155. The lowest BCUT2D eigenvalue weighted by Gasteiger charge is -2.24. The van der Waals surface area contributed by atoms with Crippen LogP contribution in [-0.2, 0) is 40.5 Å². The van der Waals surface area contributed by atoms with Crippen LogP contribution in [0.15, 0.2) is 21.5 Å². The summed E-state index contributed by atoms with van der Waals surface area (Å²) in [6.07, 6.45) is 7.07. The van der Waals surface area contributed by atoms with Crippen molar-refractivity contribution in [2.75, 3.05) is 18.5 Å². The maximum atomic E-state index is 13.3. The Morgan fingerprint density at radius 3 is 2.94 bits per heavy atom. The molecule has 2 heterocycles. The number of aryl methyl sites for hydroxylation is 3. The molecule has 0 bridgehead atoms. The number of carbonyl (C=O) groups excluding carboxylic acids is 1. The third-order valence-electron chi connectivity index (χ3n) is 6.69. The van der Waals surface area contributed by atoms with Gasteiger partial charge in [0.2, 0.25) is 5.88 Å². The zero-order chi connectivity index (χ0) is 24.1. The van der Waals surface area contributed by atoms with Crippen LogP contribution in [0.4, 0.5) is 10.5 Å². The minimum Gasteiger partial charge on any atom is -0.477 e. The first kappa shape index (κ1) is 23.3. The summed E-state index contributed by atoms with van der Waals surface area (Å²) in [6.45, 7) is 7.86. The third-order valence-corrected chi connectivity index (χ3v) is 8.04. The van der Waals surface area contributed by atoms with E-state index < -0.39 is 15.9 Å². The number of hydrogen-bond donors (Lipinski definition) is 2. The molecular weight excluding hydrogens is 454 g/mol. The van der Waals surface area contributed by atoms with Gasteiger partial charge in [0.25, 0.3) is 0 Å². The van der Waals surface area contributed by atoms with Crippen molar-refractivity contribution in [3.05, 3.63) is 34.5 Å². The number of fused-ring (bicyclic) bond motifs is 3. The van der Waals surface area contributed by atoms with Crippen molar-refractivity contribution in [3.8, 4) is 5.88 Å². The van der Waals surface area contributed by atoms with Gasteiger partial charge in [-0.05, 0) is 75.1 Å². The molecule has 0 radical (unpaired) electrons. The van der Waals surface area contributed by atoms with E-state index in [1.54, 1.807) is 4.68 Å². The molecule has 0 saturated carbocycles. The Morgan fingerprint density at radius 2 is 2.15 bits per heavy atom. The summed E-state index contributed by atoms with van der Waals surface area (Å²) < 4.78 is 30.5. The number of ether oxygens (including phenoxy) is 2. The number of aromatic nitrogens is 2. The third kappa shape index (κ3) is 4.46. The normalized spacial score (nSPS) is 20.6. The van der Waals surface area contributed by atoms with Crippen LogP contribution in [0.25, 0.3) is 0 Å². The minimum atomic E-state index is -3.52. The molecule has 0 spiro atoms. The highest BCUT2D eigenvalue weighted by Crippen LogP contribution is 2.44. The van der Waals surface area contributed by atoms with Crippen molar-refractivity contribution in [1.82, 2.24) is 9.78 Å². The number of nitrogens with one attached hydrogen (secondary N) is 1. The van der Waals surface area contributed by atoms with Crippen molar-refractivity contribution in [3.63, 3.8) is 0 Å². The van der Waals surface area contributed by atoms with Gasteiger partial charge in [0.15, 0.2) is 9.92 Å². The highest BCUT2D eigenvalue weighted by atomic mass is 32.2. The SMILES string of the molecule is CC(C)(C)OCC1CCc2cc3c(c(NC(=O)N=S(N)(=O)c4cnn5c4OCCC5)c21)CCC3. The Labute approximate surface area is 200 Å². The smallest absolute Gasteiger partial charge is 0.354 e. The zero-order valence-corrected chi connectivity index (χ0v) is 20.9. The second-order valence-corrected chi connectivity index (χ2v) is 12.1. The summed E-state index contributed by atoms with van der Waals surface area (Å²) in [5.41, 5.74) is 5.38. The van der Waals surface area contributed by atoms with Gasteiger partial charge in [-0.2, -0.15) is 5.10 Å². The fourth-order valence-electron chi connectivity index (χ4n) is 5.18. The van der Waals surface area contributed by atoms with Gasteiger partial charge in [0, 0.05) is 24.6 Å². The first-order valence-electron chi connectivity index (χ1n) is 12.0. The molecule has 2 amide bonds. The largest absolute Gasteiger partial charge is 0.477 e. The number of rotatable bonds is 4. The fourth-order valence-corrected chi connectivity index (χ4v) is 6.18. The lowest BCUT2D eigenvalue weighted by Crippen LogP contribution is -2.23. The molecule has 1 aromatic heterocycles. The summed E-state index contributed by atoms with van der Waals surface area (Å²) in [5.74, 6) is 0.518. The van der Waals surface area contributed by atoms with Crippen LogP contribution < -0.4 is 15.2 Å². The molecule has 2 aliphatic carbocycles. The number of nitrogens with two attached hydrogens (primary N) is 1. The second-order valence-electron chi connectivity index (χ2n) is 10.3. The maximum Gasteiger partial charge on any atom is 0.354 e. The van der Waals surface area contributed by atoms with E-state index in [0.717, 1.165) is 55.3 Å². The maximum absolute atomic E-state index is 13.3. The molecular formula is C24H33N5O4S. The standard InChI is InChI=1S/C24H33N5O4S/c1-24(2,3)33-14-17-9-8-16-12-15-6-4-7-18(15)21(20(16)17)27-23(30)28-34(25,31)19-13-26-29-10-5-11-32-22(19)29/h12-13,17H,4-11,14H2,1-3H3,(H3,25,27,28,30,31). The molecule has 9 nitrogen and oxygen atoms in total. The summed E-state index contributed by atoms with van der Waals surface area (Å²) in [4.78, 5) is 13.2. The quantitative estimate of drug-likeness (QED) is 0.677. The molecule has 34 heavy (non-hydrogen) atoms. The van der Waals surface area contributed by atoms with Crippen LogP contribution in [0.1, 0.15) is 68.2 Å². The van der Waals surface area contributed by atoms with Gasteiger partial charge in [-0.25, -0.2) is 18.8 Å². The van der Waals surface area contributed by atoms with Crippen molar-refractivity contribution in [2.45, 2.75) is 82.3 Å². The zero-order valence-electron chi connectivity index (χ0n) is 20.1. The van der Waals surface area contributed by atoms with Gasteiger partial charge in [0.05, 0.1) is 25.0 Å². The van der Waals surface area contributed by atoms with Gasteiger partial charge in [-0.3, -0.25) is 0 Å². The molecule has 3 aliphatic rings. The van der Waals surface area contributed by atoms with Crippen LogP contribution in [-0.4, -0.2) is 38.8 Å². The summed E-state index contributed by atoms with van der Waals surface area (Å²) in [7, 11) is -3.52. The molecule has 2 unspecified atom stereocenters. The van der Waals surface area contributed by atoms with Crippen molar-refractivity contribution >= 4 is 21.6 Å². The Morgan fingerprint density at radius 1 is 1.32 bits per heavy atom. The van der Waals surface area contributed by atoms with Crippen molar-refractivity contribution in [2.24, 2.45) is 9.50 Å². The van der Waals surface area contributed by atoms with Crippen LogP contribution in [0.3, 0.4) is 0 Å². The summed E-state index contributed by atoms with van der Waals surface area (Å²) >= 11 is 0. The summed E-state index contributed by atoms with van der Waals surface area (Å²) in [6, 6.07) is 1.58. The Hall–Kier alpha value is -2.43. The lowest BCUT2D eigenvalue weighted by atomic mass is 9.94. The summed E-state index contributed by atoms with van der Waals surface area (Å²) in [5, 5.41) is 13.2. The molecule has 1 aromatic carbocycles. The van der Waals surface area contributed by atoms with E-state index in [-0.39, 0.29) is 16.4 Å². The van der Waals surface area contributed by atoms with Gasteiger partial charge in [-0.15, -0.1) is 4.36 Å². The predicted molar refractivity (Wildman–Crippen MR) is 130 cm³/mol. The van der Waals surface area contributed by atoms with Gasteiger partial charge in [0.1, 0.15) is 4.90 Å². The number of urea groups is 1. The van der Waals surface area contributed by atoms with E-state index in [1.165, 1.54) is 17.3 Å². The molecule has 1 aliphatic heterocycles.